The van der Waals surface area contributed by atoms with Crippen LogP contribution in [0.25, 0.3) is 0 Å². The predicted molar refractivity (Wildman–Crippen MR) is 36.3 cm³/mol. The van der Waals surface area contributed by atoms with Crippen LogP contribution in [0.4, 0.5) is 0 Å². The third-order valence-corrected chi connectivity index (χ3v) is 2.21. The van der Waals surface area contributed by atoms with Crippen LogP contribution < -0.4 is 0 Å². The van der Waals surface area contributed by atoms with E-state index in [-0.39, 0.29) is 25.1 Å². The van der Waals surface area contributed by atoms with Gasteiger partial charge in [-0.2, -0.15) is 0 Å². The zero-order valence-electron chi connectivity index (χ0n) is 6.34. The Bertz CT molecular complexity index is 204. The van der Waals surface area contributed by atoms with Crippen molar-refractivity contribution in [2.24, 2.45) is 0 Å². The van der Waals surface area contributed by atoms with Crippen LogP contribution in [0, 0.1) is 0 Å². The fourth-order valence-corrected chi connectivity index (χ4v) is 1.54. The van der Waals surface area contributed by atoms with Gasteiger partial charge in [0.2, 0.25) is 0 Å². The molecule has 0 saturated carbocycles. The second-order valence-corrected chi connectivity index (χ2v) is 3.09. The number of esters is 1. The lowest BCUT2D eigenvalue weighted by Gasteiger charge is -2.32. The second-order valence-electron chi connectivity index (χ2n) is 3.09. The van der Waals surface area contributed by atoms with E-state index in [1.807, 2.05) is 0 Å². The quantitative estimate of drug-likeness (QED) is 0.433. The maximum atomic E-state index is 10.8. The zero-order chi connectivity index (χ0) is 8.72. The minimum Gasteiger partial charge on any atom is -0.457 e. The highest BCUT2D eigenvalue weighted by Crippen LogP contribution is 2.26. The molecule has 2 heterocycles. The number of hydrogen-bond acceptors (Lipinski definition) is 5. The molecule has 12 heavy (non-hydrogen) atoms. The van der Waals surface area contributed by atoms with E-state index < -0.39 is 18.3 Å². The number of carbonyl (C=O) groups is 1. The Labute approximate surface area is 68.9 Å². The minimum atomic E-state index is -1.00. The molecular weight excluding hydrogens is 164 g/mol. The van der Waals surface area contributed by atoms with E-state index in [2.05, 4.69) is 0 Å². The van der Waals surface area contributed by atoms with Crippen LogP contribution in [0.1, 0.15) is 6.42 Å². The summed E-state index contributed by atoms with van der Waals surface area (Å²) in [5, 5.41) is 18.5. The first kappa shape index (κ1) is 7.97. The Morgan fingerprint density at radius 2 is 2.17 bits per heavy atom. The van der Waals surface area contributed by atoms with E-state index in [0.29, 0.717) is 0 Å². The molecule has 0 aromatic heterocycles. The van der Waals surface area contributed by atoms with Gasteiger partial charge in [0, 0.05) is 0 Å². The van der Waals surface area contributed by atoms with Crippen molar-refractivity contribution >= 4 is 5.97 Å². The van der Waals surface area contributed by atoms with E-state index in [1.165, 1.54) is 0 Å². The molecule has 0 radical (unpaired) electrons. The van der Waals surface area contributed by atoms with E-state index >= 15 is 0 Å². The highest BCUT2D eigenvalue weighted by atomic mass is 16.6. The SMILES string of the molecule is O=C1C[C@@H]2OC[C@@H](O)[C@@H](O)[C@H]2O1. The molecule has 2 N–H and O–H groups in total. The predicted octanol–water partition coefficient (Wildman–Crippen LogP) is -1.58. The van der Waals surface area contributed by atoms with E-state index in [9.17, 15) is 9.90 Å². The molecule has 0 unspecified atom stereocenters. The summed E-state index contributed by atoms with van der Waals surface area (Å²) in [5.41, 5.74) is 0. The fraction of sp³-hybridized carbons (Fsp3) is 0.857. The van der Waals surface area contributed by atoms with Crippen LogP contribution in [0.15, 0.2) is 0 Å². The van der Waals surface area contributed by atoms with Gasteiger partial charge in [0.25, 0.3) is 0 Å². The Morgan fingerprint density at radius 3 is 2.92 bits per heavy atom. The van der Waals surface area contributed by atoms with Crippen molar-refractivity contribution in [1.82, 2.24) is 0 Å². The Morgan fingerprint density at radius 1 is 1.42 bits per heavy atom. The molecule has 68 valence electrons. The van der Waals surface area contributed by atoms with Crippen LogP contribution in [0.5, 0.6) is 0 Å². The third-order valence-electron chi connectivity index (χ3n) is 2.21. The molecule has 0 aromatic rings. The van der Waals surface area contributed by atoms with Crippen LogP contribution >= 0.6 is 0 Å². The van der Waals surface area contributed by atoms with Gasteiger partial charge in [-0.25, -0.2) is 0 Å². The summed E-state index contributed by atoms with van der Waals surface area (Å²) in [5.74, 6) is -0.377. The van der Waals surface area contributed by atoms with Crippen molar-refractivity contribution in [3.8, 4) is 0 Å². The lowest BCUT2D eigenvalue weighted by atomic mass is 10.0. The molecule has 2 aliphatic heterocycles. The van der Waals surface area contributed by atoms with Crippen molar-refractivity contribution in [2.45, 2.75) is 30.8 Å². The first-order chi connectivity index (χ1) is 5.68. The van der Waals surface area contributed by atoms with Crippen molar-refractivity contribution in [2.75, 3.05) is 6.61 Å². The Balaban J connectivity index is 2.11. The summed E-state index contributed by atoms with van der Waals surface area (Å²) in [7, 11) is 0. The van der Waals surface area contributed by atoms with Gasteiger partial charge in [-0.1, -0.05) is 0 Å². The van der Waals surface area contributed by atoms with Crippen molar-refractivity contribution in [3.05, 3.63) is 0 Å². The highest BCUT2D eigenvalue weighted by molar-refractivity contribution is 5.72. The van der Waals surface area contributed by atoms with Crippen LogP contribution in [0.3, 0.4) is 0 Å². The third kappa shape index (κ3) is 1.10. The number of aliphatic hydroxyl groups excluding tert-OH is 2. The summed E-state index contributed by atoms with van der Waals surface area (Å²) in [6.07, 6.45) is -2.83. The molecule has 0 bridgehead atoms. The standard InChI is InChI=1S/C7H10O5/c8-3-2-11-4-1-5(9)12-7(4)6(3)10/h3-4,6-8,10H,1-2H2/t3-,4+,6-,7+/m1/s1. The normalized spacial score (nSPS) is 47.0. The molecule has 2 aliphatic rings. The van der Waals surface area contributed by atoms with E-state index in [4.69, 9.17) is 14.6 Å². The first-order valence-corrected chi connectivity index (χ1v) is 3.85. The van der Waals surface area contributed by atoms with Crippen molar-refractivity contribution in [1.29, 1.82) is 0 Å². The lowest BCUT2D eigenvalue weighted by Crippen LogP contribution is -2.50. The summed E-state index contributed by atoms with van der Waals surface area (Å²) < 4.78 is 9.87. The van der Waals surface area contributed by atoms with E-state index in [0.717, 1.165) is 0 Å². The molecule has 4 atom stereocenters. The molecule has 0 aliphatic carbocycles. The van der Waals surface area contributed by atoms with Crippen molar-refractivity contribution < 1.29 is 24.5 Å². The van der Waals surface area contributed by atoms with Gasteiger partial charge >= 0.3 is 5.97 Å². The summed E-state index contributed by atoms with van der Waals surface area (Å²) in [4.78, 5) is 10.8. The molecule has 0 aromatic carbocycles. The number of carbonyl (C=O) groups excluding carboxylic acids is 1. The number of rotatable bonds is 0. The van der Waals surface area contributed by atoms with Crippen LogP contribution in [0.2, 0.25) is 0 Å². The van der Waals surface area contributed by atoms with Crippen LogP contribution in [-0.2, 0) is 14.3 Å². The van der Waals surface area contributed by atoms with Gasteiger partial charge in [0.15, 0.2) is 6.10 Å². The number of fused-ring (bicyclic) bond motifs is 1. The molecule has 5 heteroatoms. The number of aliphatic hydroxyl groups is 2. The lowest BCUT2D eigenvalue weighted by molar-refractivity contribution is -0.178. The van der Waals surface area contributed by atoms with Crippen LogP contribution in [-0.4, -0.2) is 47.2 Å². The molecule has 0 amide bonds. The smallest absolute Gasteiger partial charge is 0.309 e. The molecule has 2 saturated heterocycles. The maximum absolute atomic E-state index is 10.8. The molecule has 2 fully saturated rings. The minimum absolute atomic E-state index is 0.0684. The van der Waals surface area contributed by atoms with Crippen molar-refractivity contribution in [3.63, 3.8) is 0 Å². The largest absolute Gasteiger partial charge is 0.457 e. The van der Waals surface area contributed by atoms with Gasteiger partial charge in [-0.3, -0.25) is 4.79 Å². The Hall–Kier alpha value is -0.650. The number of ether oxygens (including phenoxy) is 2. The second kappa shape index (κ2) is 2.69. The highest BCUT2D eigenvalue weighted by Gasteiger charge is 2.46. The molecule has 5 nitrogen and oxygen atoms in total. The Kier molecular flexibility index (Phi) is 1.79. The zero-order valence-corrected chi connectivity index (χ0v) is 6.34. The number of hydrogen-bond donors (Lipinski definition) is 2. The van der Waals surface area contributed by atoms with Gasteiger partial charge in [-0.15, -0.1) is 0 Å². The maximum Gasteiger partial charge on any atom is 0.309 e. The average molecular weight is 174 g/mol. The summed E-state index contributed by atoms with van der Waals surface area (Å²) in [6.45, 7) is 0.0684. The fourth-order valence-electron chi connectivity index (χ4n) is 1.54. The summed E-state index contributed by atoms with van der Waals surface area (Å²) in [6, 6.07) is 0. The topological polar surface area (TPSA) is 76.0 Å². The first-order valence-electron chi connectivity index (χ1n) is 3.85. The van der Waals surface area contributed by atoms with Gasteiger partial charge in [0.05, 0.1) is 13.0 Å². The monoisotopic (exact) mass is 174 g/mol. The molecule has 0 spiro atoms. The molecular formula is C7H10O5. The van der Waals surface area contributed by atoms with E-state index in [1.54, 1.807) is 0 Å². The van der Waals surface area contributed by atoms with Gasteiger partial charge < -0.3 is 19.7 Å². The van der Waals surface area contributed by atoms with Gasteiger partial charge in [-0.05, 0) is 0 Å². The molecule has 2 rings (SSSR count). The average Bonchev–Trinajstić information content (AvgIpc) is 2.39. The van der Waals surface area contributed by atoms with Gasteiger partial charge in [0.1, 0.15) is 18.3 Å². The summed E-state index contributed by atoms with van der Waals surface area (Å²) >= 11 is 0.